The summed E-state index contributed by atoms with van der Waals surface area (Å²) < 4.78 is 32.2. The maximum absolute atomic E-state index is 13.9. The quantitative estimate of drug-likeness (QED) is 0.689. The van der Waals surface area contributed by atoms with Crippen molar-refractivity contribution in [1.29, 1.82) is 0 Å². The van der Waals surface area contributed by atoms with Crippen molar-refractivity contribution >= 4 is 23.4 Å². The smallest absolute Gasteiger partial charge is 0.256 e. The molecule has 0 saturated carbocycles. The minimum Gasteiger partial charge on any atom is -0.497 e. The third-order valence-corrected chi connectivity index (χ3v) is 5.67. The van der Waals surface area contributed by atoms with Crippen LogP contribution in [0.3, 0.4) is 0 Å². The molecule has 1 N–H and O–H groups in total. The summed E-state index contributed by atoms with van der Waals surface area (Å²) in [6.45, 7) is 2.63. The first-order chi connectivity index (χ1) is 15.8. The Morgan fingerprint density at radius 1 is 1.12 bits per heavy atom. The molecule has 9 heteroatoms. The Morgan fingerprint density at radius 3 is 2.48 bits per heavy atom. The van der Waals surface area contributed by atoms with Gasteiger partial charge in [-0.3, -0.25) is 14.4 Å². The summed E-state index contributed by atoms with van der Waals surface area (Å²) in [6, 6.07) is 9.79. The van der Waals surface area contributed by atoms with Crippen LogP contribution in [0.15, 0.2) is 42.5 Å². The number of amides is 3. The molecule has 2 aromatic rings. The standard InChI is InChI=1S/C24H27F2N3O4/c1-3-28(15-22(30)27-18-5-4-6-19(14-18)33-2)23(31)16-9-11-29(12-10-16)24(32)20-8-7-17(25)13-21(20)26/h4-8,13-14,16H,3,9-12,15H2,1-2H3,(H,27,30). The average Bonchev–Trinajstić information content (AvgIpc) is 2.82. The van der Waals surface area contributed by atoms with Crippen molar-refractivity contribution in [1.82, 2.24) is 9.80 Å². The third kappa shape index (κ3) is 6.06. The summed E-state index contributed by atoms with van der Waals surface area (Å²) in [4.78, 5) is 41.0. The second kappa shape index (κ2) is 10.9. The monoisotopic (exact) mass is 459 g/mol. The van der Waals surface area contributed by atoms with Gasteiger partial charge in [-0.05, 0) is 44.0 Å². The van der Waals surface area contributed by atoms with Crippen LogP contribution in [0.2, 0.25) is 0 Å². The number of methoxy groups -OCH3 is 1. The van der Waals surface area contributed by atoms with Crippen molar-refractivity contribution in [2.75, 3.05) is 38.6 Å². The van der Waals surface area contributed by atoms with Crippen LogP contribution in [0, 0.1) is 17.6 Å². The summed E-state index contributed by atoms with van der Waals surface area (Å²) in [5.41, 5.74) is 0.383. The number of likely N-dealkylation sites (N-methyl/N-ethyl adjacent to an activating group) is 1. The zero-order chi connectivity index (χ0) is 24.0. The minimum atomic E-state index is -0.905. The highest BCUT2D eigenvalue weighted by atomic mass is 19.1. The Balaban J connectivity index is 1.54. The average molecular weight is 459 g/mol. The van der Waals surface area contributed by atoms with Crippen LogP contribution in [-0.2, 0) is 9.59 Å². The highest BCUT2D eigenvalue weighted by Gasteiger charge is 2.31. The van der Waals surface area contributed by atoms with Crippen LogP contribution in [-0.4, -0.2) is 60.8 Å². The summed E-state index contributed by atoms with van der Waals surface area (Å²) in [5, 5.41) is 2.76. The van der Waals surface area contributed by atoms with Gasteiger partial charge in [-0.2, -0.15) is 0 Å². The van der Waals surface area contributed by atoms with Gasteiger partial charge in [0, 0.05) is 43.4 Å². The van der Waals surface area contributed by atoms with E-state index < -0.39 is 17.5 Å². The van der Waals surface area contributed by atoms with E-state index in [1.165, 1.54) is 16.9 Å². The van der Waals surface area contributed by atoms with E-state index in [4.69, 9.17) is 4.74 Å². The van der Waals surface area contributed by atoms with Crippen LogP contribution in [0.4, 0.5) is 14.5 Å². The number of anilines is 1. The number of piperidine rings is 1. The molecule has 0 radical (unpaired) electrons. The molecule has 0 aromatic heterocycles. The zero-order valence-corrected chi connectivity index (χ0v) is 18.6. The molecular formula is C24H27F2N3O4. The molecule has 0 spiro atoms. The van der Waals surface area contributed by atoms with Gasteiger partial charge in [-0.15, -0.1) is 0 Å². The van der Waals surface area contributed by atoms with Crippen molar-refractivity contribution in [2.24, 2.45) is 5.92 Å². The second-order valence-corrected chi connectivity index (χ2v) is 7.82. The largest absolute Gasteiger partial charge is 0.497 e. The van der Waals surface area contributed by atoms with Gasteiger partial charge < -0.3 is 19.9 Å². The van der Waals surface area contributed by atoms with Crippen molar-refractivity contribution in [3.63, 3.8) is 0 Å². The number of carbonyl (C=O) groups excluding carboxylic acids is 3. The molecule has 1 saturated heterocycles. The molecule has 33 heavy (non-hydrogen) atoms. The highest BCUT2D eigenvalue weighted by Crippen LogP contribution is 2.23. The number of likely N-dealkylation sites (tertiary alicyclic amines) is 1. The van der Waals surface area contributed by atoms with Crippen LogP contribution in [0.25, 0.3) is 0 Å². The number of ether oxygens (including phenoxy) is 1. The molecule has 1 fully saturated rings. The fourth-order valence-corrected chi connectivity index (χ4v) is 3.84. The molecule has 0 unspecified atom stereocenters. The lowest BCUT2D eigenvalue weighted by molar-refractivity contribution is -0.139. The molecule has 176 valence electrons. The number of halogens is 2. The van der Waals surface area contributed by atoms with E-state index in [-0.39, 0.29) is 42.9 Å². The molecule has 2 aromatic carbocycles. The maximum atomic E-state index is 13.9. The number of nitrogens with one attached hydrogen (secondary N) is 1. The zero-order valence-electron chi connectivity index (χ0n) is 18.6. The lowest BCUT2D eigenvalue weighted by atomic mass is 9.94. The van der Waals surface area contributed by atoms with E-state index >= 15 is 0 Å². The molecule has 1 aliphatic heterocycles. The number of hydrogen-bond acceptors (Lipinski definition) is 4. The summed E-state index contributed by atoms with van der Waals surface area (Å²) in [5.74, 6) is -2.38. The number of hydrogen-bond donors (Lipinski definition) is 1. The summed E-state index contributed by atoms with van der Waals surface area (Å²) >= 11 is 0. The maximum Gasteiger partial charge on any atom is 0.256 e. The van der Waals surface area contributed by atoms with Crippen LogP contribution in [0.1, 0.15) is 30.1 Å². The van der Waals surface area contributed by atoms with Gasteiger partial charge in [-0.25, -0.2) is 8.78 Å². The van der Waals surface area contributed by atoms with Gasteiger partial charge in [-0.1, -0.05) is 6.07 Å². The van der Waals surface area contributed by atoms with Gasteiger partial charge in [0.05, 0.1) is 19.2 Å². The third-order valence-electron chi connectivity index (χ3n) is 5.67. The Bertz CT molecular complexity index is 1020. The molecule has 0 bridgehead atoms. The van der Waals surface area contributed by atoms with Crippen LogP contribution < -0.4 is 10.1 Å². The summed E-state index contributed by atoms with van der Waals surface area (Å²) in [6.07, 6.45) is 0.808. The predicted molar refractivity (Wildman–Crippen MR) is 119 cm³/mol. The molecule has 3 amide bonds. The lowest BCUT2D eigenvalue weighted by Gasteiger charge is -2.34. The number of nitrogens with zero attached hydrogens (tertiary/aromatic N) is 2. The van der Waals surface area contributed by atoms with Gasteiger partial charge in [0.25, 0.3) is 5.91 Å². The van der Waals surface area contributed by atoms with E-state index in [2.05, 4.69) is 5.32 Å². The van der Waals surface area contributed by atoms with Crippen molar-refractivity contribution in [2.45, 2.75) is 19.8 Å². The Hall–Kier alpha value is -3.49. The Labute approximate surface area is 191 Å². The Kier molecular flexibility index (Phi) is 7.97. The molecule has 7 nitrogen and oxygen atoms in total. The molecule has 0 aliphatic carbocycles. The number of benzene rings is 2. The molecule has 3 rings (SSSR count). The minimum absolute atomic E-state index is 0.0908. The van der Waals surface area contributed by atoms with Crippen molar-refractivity contribution in [3.05, 3.63) is 59.7 Å². The first-order valence-electron chi connectivity index (χ1n) is 10.8. The van der Waals surface area contributed by atoms with Crippen LogP contribution >= 0.6 is 0 Å². The normalized spacial score (nSPS) is 14.0. The first kappa shape index (κ1) is 24.2. The Morgan fingerprint density at radius 2 is 1.85 bits per heavy atom. The molecular weight excluding hydrogens is 432 g/mol. The van der Waals surface area contributed by atoms with Crippen LogP contribution in [0.5, 0.6) is 5.75 Å². The van der Waals surface area contributed by atoms with E-state index in [1.54, 1.807) is 31.2 Å². The molecule has 0 atom stereocenters. The van der Waals surface area contributed by atoms with E-state index in [0.717, 1.165) is 12.1 Å². The SMILES string of the molecule is CCN(CC(=O)Nc1cccc(OC)c1)C(=O)C1CCN(C(=O)c2ccc(F)cc2F)CC1. The van der Waals surface area contributed by atoms with Gasteiger partial charge >= 0.3 is 0 Å². The summed E-state index contributed by atoms with van der Waals surface area (Å²) in [7, 11) is 1.54. The fraction of sp³-hybridized carbons (Fsp3) is 0.375. The van der Waals surface area contributed by atoms with Gasteiger partial charge in [0.1, 0.15) is 17.4 Å². The van der Waals surface area contributed by atoms with E-state index in [9.17, 15) is 23.2 Å². The second-order valence-electron chi connectivity index (χ2n) is 7.82. The van der Waals surface area contributed by atoms with E-state index in [0.29, 0.717) is 36.9 Å². The number of carbonyl (C=O) groups is 3. The number of rotatable bonds is 7. The highest BCUT2D eigenvalue weighted by molar-refractivity contribution is 5.96. The predicted octanol–water partition coefficient (Wildman–Crippen LogP) is 3.31. The van der Waals surface area contributed by atoms with Crippen molar-refractivity contribution < 1.29 is 27.9 Å². The van der Waals surface area contributed by atoms with E-state index in [1.807, 2.05) is 0 Å². The first-order valence-corrected chi connectivity index (χ1v) is 10.8. The topological polar surface area (TPSA) is 79.0 Å². The molecule has 1 heterocycles. The van der Waals surface area contributed by atoms with Gasteiger partial charge in [0.15, 0.2) is 0 Å². The fourth-order valence-electron chi connectivity index (χ4n) is 3.84. The lowest BCUT2D eigenvalue weighted by Crippen LogP contribution is -2.46. The van der Waals surface area contributed by atoms with Gasteiger partial charge in [0.2, 0.25) is 11.8 Å². The van der Waals surface area contributed by atoms with Crippen molar-refractivity contribution in [3.8, 4) is 5.75 Å². The molecule has 1 aliphatic rings.